The number of carbonyl (C=O) groups is 1. The maximum absolute atomic E-state index is 13.2. The average molecular weight is 491 g/mol. The van der Waals surface area contributed by atoms with Crippen molar-refractivity contribution in [1.82, 2.24) is 29.2 Å². The number of hydrazone groups is 1. The number of carbonyl (C=O) groups excluding carboxylic acids is 1. The van der Waals surface area contributed by atoms with E-state index < -0.39 is 0 Å². The molecule has 1 N–H and O–H groups in total. The molecule has 10 nitrogen and oxygen atoms in total. The van der Waals surface area contributed by atoms with Crippen LogP contribution in [0.2, 0.25) is 0 Å². The normalized spacial score (nSPS) is 12.1. The third-order valence-corrected chi connectivity index (χ3v) is 5.42. The van der Waals surface area contributed by atoms with Gasteiger partial charge < -0.3 is 10.2 Å². The van der Waals surface area contributed by atoms with Gasteiger partial charge in [-0.2, -0.15) is 10.1 Å². The predicted molar refractivity (Wildman–Crippen MR) is 145 cm³/mol. The molecule has 2 heterocycles. The number of hydrogen-bond acceptors (Lipinski definition) is 7. The van der Waals surface area contributed by atoms with Gasteiger partial charge >= 0.3 is 0 Å². The van der Waals surface area contributed by atoms with E-state index in [1.54, 1.807) is 22.9 Å². The van der Waals surface area contributed by atoms with Crippen molar-refractivity contribution < 1.29 is 4.79 Å². The summed E-state index contributed by atoms with van der Waals surface area (Å²) in [6.45, 7) is 10.5. The van der Waals surface area contributed by atoms with Crippen LogP contribution in [0.15, 0.2) is 65.2 Å². The molecular weight excluding hydrogens is 456 g/mol. The smallest absolute Gasteiger partial charge is 0.278 e. The van der Waals surface area contributed by atoms with Gasteiger partial charge in [-0.3, -0.25) is 9.59 Å². The van der Waals surface area contributed by atoms with Gasteiger partial charge in [0.2, 0.25) is 12.4 Å². The number of aromatic nitrogens is 4. The highest BCUT2D eigenvalue weighted by atomic mass is 16.1. The zero-order valence-corrected chi connectivity index (χ0v) is 21.5. The Balaban J connectivity index is 2.07. The lowest BCUT2D eigenvalue weighted by atomic mass is 10.1. The fourth-order valence-corrected chi connectivity index (χ4v) is 3.52. The van der Waals surface area contributed by atoms with Crippen molar-refractivity contribution in [3.8, 4) is 0 Å². The summed E-state index contributed by atoms with van der Waals surface area (Å²) in [7, 11) is 4.11. The molecule has 2 aromatic heterocycles. The van der Waals surface area contributed by atoms with E-state index in [1.807, 2.05) is 32.9 Å². The van der Waals surface area contributed by atoms with E-state index in [0.29, 0.717) is 29.2 Å². The van der Waals surface area contributed by atoms with Gasteiger partial charge in [-0.15, -0.1) is 6.58 Å². The SMILES string of the molecule is C=CCn1c(=O)c2cnc(Nc3ccc(CCN(C)C)cc3)nc2n1C(/C=C\C)=N/N(C=O)C(C)C. The summed E-state index contributed by atoms with van der Waals surface area (Å²) in [4.78, 5) is 36.0. The van der Waals surface area contributed by atoms with Crippen LogP contribution in [0.4, 0.5) is 11.6 Å². The molecule has 0 aliphatic heterocycles. The molecule has 1 aromatic carbocycles. The number of nitrogens with zero attached hydrogens (tertiary/aromatic N) is 7. The Kier molecular flexibility index (Phi) is 8.91. The minimum absolute atomic E-state index is 0.170. The van der Waals surface area contributed by atoms with Crippen LogP contribution in [0.3, 0.4) is 0 Å². The molecule has 3 rings (SSSR count). The second-order valence-corrected chi connectivity index (χ2v) is 8.83. The molecule has 0 aliphatic carbocycles. The van der Waals surface area contributed by atoms with Crippen molar-refractivity contribution in [3.05, 3.63) is 71.2 Å². The van der Waals surface area contributed by atoms with Crippen molar-refractivity contribution in [3.63, 3.8) is 0 Å². The Hall–Kier alpha value is -4.05. The van der Waals surface area contributed by atoms with E-state index in [9.17, 15) is 9.59 Å². The zero-order valence-electron chi connectivity index (χ0n) is 21.5. The van der Waals surface area contributed by atoms with Crippen LogP contribution >= 0.6 is 0 Å². The lowest BCUT2D eigenvalue weighted by Gasteiger charge is -2.18. The molecule has 0 saturated carbocycles. The Morgan fingerprint density at radius 1 is 1.25 bits per heavy atom. The first-order valence-corrected chi connectivity index (χ1v) is 11.8. The molecule has 3 aromatic rings. The molecule has 0 fully saturated rings. The summed E-state index contributed by atoms with van der Waals surface area (Å²) in [6.07, 6.45) is 8.24. The predicted octanol–water partition coefficient (Wildman–Crippen LogP) is 3.23. The Morgan fingerprint density at radius 3 is 2.56 bits per heavy atom. The fraction of sp³-hybridized carbons (Fsp3) is 0.346. The highest BCUT2D eigenvalue weighted by molar-refractivity contribution is 5.99. The maximum Gasteiger partial charge on any atom is 0.278 e. The molecule has 0 unspecified atom stereocenters. The van der Waals surface area contributed by atoms with Gasteiger partial charge in [-0.1, -0.05) is 24.3 Å². The van der Waals surface area contributed by atoms with Gasteiger partial charge in [0.25, 0.3) is 5.56 Å². The summed E-state index contributed by atoms with van der Waals surface area (Å²) in [5.41, 5.74) is 2.16. The van der Waals surface area contributed by atoms with Crippen molar-refractivity contribution in [2.45, 2.75) is 39.8 Å². The molecule has 0 saturated heterocycles. The number of benzene rings is 1. The van der Waals surface area contributed by atoms with Gasteiger partial charge in [0.1, 0.15) is 5.39 Å². The first kappa shape index (κ1) is 26.6. The molecular formula is C26H34N8O2. The fourth-order valence-electron chi connectivity index (χ4n) is 3.52. The Labute approximate surface area is 211 Å². The molecule has 0 atom stereocenters. The highest BCUT2D eigenvalue weighted by Crippen LogP contribution is 2.17. The number of amides is 1. The lowest BCUT2D eigenvalue weighted by Crippen LogP contribution is -2.31. The Bertz CT molecular complexity index is 1320. The maximum atomic E-state index is 13.2. The number of anilines is 2. The monoisotopic (exact) mass is 490 g/mol. The first-order chi connectivity index (χ1) is 17.3. The van der Waals surface area contributed by atoms with Crippen molar-refractivity contribution in [2.75, 3.05) is 26.0 Å². The number of rotatable bonds is 11. The lowest BCUT2D eigenvalue weighted by molar-refractivity contribution is -0.119. The Morgan fingerprint density at radius 2 is 1.97 bits per heavy atom. The highest BCUT2D eigenvalue weighted by Gasteiger charge is 2.19. The van der Waals surface area contributed by atoms with Crippen LogP contribution < -0.4 is 10.9 Å². The molecule has 0 radical (unpaired) electrons. The van der Waals surface area contributed by atoms with E-state index in [2.05, 4.69) is 58.1 Å². The van der Waals surface area contributed by atoms with E-state index in [1.165, 1.54) is 21.5 Å². The van der Waals surface area contributed by atoms with E-state index in [-0.39, 0.29) is 18.1 Å². The number of likely N-dealkylation sites (N-methyl/N-ethyl adjacent to an activating group) is 1. The van der Waals surface area contributed by atoms with Gasteiger partial charge in [-0.05, 0) is 65.1 Å². The van der Waals surface area contributed by atoms with Gasteiger partial charge in [0.15, 0.2) is 11.5 Å². The average Bonchev–Trinajstić information content (AvgIpc) is 3.12. The molecule has 0 bridgehead atoms. The van der Waals surface area contributed by atoms with Gasteiger partial charge in [-0.25, -0.2) is 19.4 Å². The second-order valence-electron chi connectivity index (χ2n) is 8.83. The number of fused-ring (bicyclic) bond motifs is 1. The third-order valence-electron chi connectivity index (χ3n) is 5.42. The van der Waals surface area contributed by atoms with Crippen molar-refractivity contribution >= 4 is 34.9 Å². The van der Waals surface area contributed by atoms with Crippen molar-refractivity contribution in [1.29, 1.82) is 0 Å². The molecule has 36 heavy (non-hydrogen) atoms. The van der Waals surface area contributed by atoms with E-state index in [0.717, 1.165) is 18.7 Å². The largest absolute Gasteiger partial charge is 0.324 e. The number of allylic oxidation sites excluding steroid dienone is 3. The summed E-state index contributed by atoms with van der Waals surface area (Å²) in [5.74, 6) is 0.700. The molecule has 190 valence electrons. The second kappa shape index (κ2) is 12.1. The zero-order chi connectivity index (χ0) is 26.2. The van der Waals surface area contributed by atoms with Crippen LogP contribution in [0.25, 0.3) is 11.0 Å². The molecule has 0 spiro atoms. The van der Waals surface area contributed by atoms with E-state index in [4.69, 9.17) is 0 Å². The summed E-state index contributed by atoms with van der Waals surface area (Å²) < 4.78 is 3.06. The third kappa shape index (κ3) is 6.14. The number of nitrogens with one attached hydrogen (secondary N) is 1. The summed E-state index contributed by atoms with van der Waals surface area (Å²) in [5, 5.41) is 9.34. The quantitative estimate of drug-likeness (QED) is 0.146. The minimum Gasteiger partial charge on any atom is -0.324 e. The topological polar surface area (TPSA) is 101 Å². The molecule has 1 amide bonds. The van der Waals surface area contributed by atoms with Gasteiger partial charge in [0.05, 0.1) is 6.54 Å². The van der Waals surface area contributed by atoms with Crippen LogP contribution in [0.1, 0.15) is 26.3 Å². The first-order valence-electron chi connectivity index (χ1n) is 11.8. The minimum atomic E-state index is -0.277. The van der Waals surface area contributed by atoms with Crippen LogP contribution in [-0.2, 0) is 17.8 Å². The van der Waals surface area contributed by atoms with Crippen LogP contribution in [-0.4, -0.2) is 68.2 Å². The van der Waals surface area contributed by atoms with E-state index >= 15 is 0 Å². The van der Waals surface area contributed by atoms with Gasteiger partial charge in [0, 0.05) is 24.5 Å². The van der Waals surface area contributed by atoms with Crippen LogP contribution in [0.5, 0.6) is 0 Å². The van der Waals surface area contributed by atoms with Crippen molar-refractivity contribution in [2.24, 2.45) is 5.10 Å². The molecule has 0 aliphatic rings. The summed E-state index contributed by atoms with van der Waals surface area (Å²) in [6, 6.07) is 7.92. The number of hydrogen-bond donors (Lipinski definition) is 1. The van der Waals surface area contributed by atoms with Crippen LogP contribution in [0, 0.1) is 0 Å². The molecule has 10 heteroatoms. The summed E-state index contributed by atoms with van der Waals surface area (Å²) >= 11 is 0. The standard InChI is InChI=1S/C26H34N8O2/c1-7-9-23(30-32(18-35)19(3)4)34-24-22(25(36)33(34)15-8-2)17-27-26(29-24)28-21-12-10-20(11-13-21)14-16-31(5)6/h7-13,17-19H,2,14-16H2,1,3-6H3,(H,27,28,29)/b9-7-,30-23+.